The summed E-state index contributed by atoms with van der Waals surface area (Å²) >= 11 is 2.18. The maximum atomic E-state index is 12.4. The fourth-order valence-electron chi connectivity index (χ4n) is 1.82. The molecule has 1 N–H and O–H groups in total. The molecule has 0 heterocycles. The summed E-state index contributed by atoms with van der Waals surface area (Å²) in [6, 6.07) is 7.43. The van der Waals surface area contributed by atoms with Crippen LogP contribution in [0.5, 0.6) is 0 Å². The number of carbonyl (C=O) groups excluding carboxylic acids is 2. The Hall–Kier alpha value is -1.11. The van der Waals surface area contributed by atoms with Crippen molar-refractivity contribution in [1.29, 1.82) is 0 Å². The highest BCUT2D eigenvalue weighted by atomic mass is 127. The van der Waals surface area contributed by atoms with Gasteiger partial charge in [-0.05, 0) is 53.6 Å². The van der Waals surface area contributed by atoms with Crippen molar-refractivity contribution in [2.45, 2.75) is 26.7 Å². The molecule has 1 rings (SSSR count). The van der Waals surface area contributed by atoms with Gasteiger partial charge in [-0.1, -0.05) is 19.9 Å². The van der Waals surface area contributed by atoms with Gasteiger partial charge in [-0.2, -0.15) is 0 Å². The summed E-state index contributed by atoms with van der Waals surface area (Å²) in [6.07, 6.45) is 1.72. The van der Waals surface area contributed by atoms with Crippen LogP contribution >= 0.6 is 22.6 Å². The van der Waals surface area contributed by atoms with E-state index in [2.05, 4.69) is 27.9 Å². The number of hydrogen-bond acceptors (Lipinski definition) is 2. The molecule has 1 aromatic rings. The Morgan fingerprint density at radius 3 is 2.60 bits per heavy atom. The molecule has 0 spiro atoms. The standard InChI is InChI=1S/C15H21IN2O2/c1-3-8-17-14(19)11-18(9-4-2)15(20)12-6-5-7-13(16)10-12/h5-7,10H,3-4,8-9,11H2,1-2H3,(H,17,19). The van der Waals surface area contributed by atoms with Gasteiger partial charge in [0, 0.05) is 22.2 Å². The monoisotopic (exact) mass is 388 g/mol. The van der Waals surface area contributed by atoms with E-state index < -0.39 is 0 Å². The molecule has 0 radical (unpaired) electrons. The number of benzene rings is 1. The molecule has 0 bridgehead atoms. The van der Waals surface area contributed by atoms with E-state index in [0.717, 1.165) is 16.4 Å². The predicted octanol–water partition coefficient (Wildman–Crippen LogP) is 2.67. The van der Waals surface area contributed by atoms with Crippen molar-refractivity contribution >= 4 is 34.4 Å². The maximum Gasteiger partial charge on any atom is 0.254 e. The summed E-state index contributed by atoms with van der Waals surface area (Å²) in [5.41, 5.74) is 0.633. The molecule has 2 amide bonds. The normalized spacial score (nSPS) is 10.2. The Kier molecular flexibility index (Phi) is 7.58. The zero-order chi connectivity index (χ0) is 15.0. The van der Waals surface area contributed by atoms with E-state index >= 15 is 0 Å². The number of halogens is 1. The van der Waals surface area contributed by atoms with Crippen molar-refractivity contribution in [1.82, 2.24) is 10.2 Å². The van der Waals surface area contributed by atoms with Crippen LogP contribution < -0.4 is 5.32 Å². The first-order valence-corrected chi connectivity index (χ1v) is 7.97. The summed E-state index contributed by atoms with van der Waals surface area (Å²) in [5, 5.41) is 2.80. The number of hydrogen-bond donors (Lipinski definition) is 1. The van der Waals surface area contributed by atoms with Crippen molar-refractivity contribution in [3.8, 4) is 0 Å². The first-order valence-electron chi connectivity index (χ1n) is 6.90. The van der Waals surface area contributed by atoms with Gasteiger partial charge in [0.15, 0.2) is 0 Å². The largest absolute Gasteiger partial charge is 0.355 e. The maximum absolute atomic E-state index is 12.4. The highest BCUT2D eigenvalue weighted by Gasteiger charge is 2.17. The van der Waals surface area contributed by atoms with Gasteiger partial charge in [-0.3, -0.25) is 9.59 Å². The molecule has 0 aliphatic heterocycles. The molecule has 0 aliphatic carbocycles. The van der Waals surface area contributed by atoms with Gasteiger partial charge in [0.2, 0.25) is 5.91 Å². The first kappa shape index (κ1) is 16.9. The lowest BCUT2D eigenvalue weighted by Gasteiger charge is -2.21. The lowest BCUT2D eigenvalue weighted by molar-refractivity contribution is -0.121. The lowest BCUT2D eigenvalue weighted by atomic mass is 10.2. The second kappa shape index (κ2) is 8.94. The van der Waals surface area contributed by atoms with E-state index in [1.54, 1.807) is 11.0 Å². The zero-order valence-electron chi connectivity index (χ0n) is 12.0. The smallest absolute Gasteiger partial charge is 0.254 e. The minimum Gasteiger partial charge on any atom is -0.355 e. The minimum atomic E-state index is -0.0979. The third kappa shape index (κ3) is 5.48. The van der Waals surface area contributed by atoms with Crippen molar-refractivity contribution in [2.24, 2.45) is 0 Å². The third-order valence-corrected chi connectivity index (χ3v) is 3.43. The lowest BCUT2D eigenvalue weighted by Crippen LogP contribution is -2.41. The van der Waals surface area contributed by atoms with Crippen LogP contribution in [0.2, 0.25) is 0 Å². The molecule has 0 unspecified atom stereocenters. The second-order valence-electron chi connectivity index (χ2n) is 4.59. The molecule has 0 atom stereocenters. The predicted molar refractivity (Wildman–Crippen MR) is 88.7 cm³/mol. The number of amides is 2. The Morgan fingerprint density at radius 1 is 1.25 bits per heavy atom. The molecule has 1 aromatic carbocycles. The SMILES string of the molecule is CCCNC(=O)CN(CCC)C(=O)c1cccc(I)c1. The second-order valence-corrected chi connectivity index (χ2v) is 5.83. The molecule has 0 saturated carbocycles. The van der Waals surface area contributed by atoms with Gasteiger partial charge in [0.1, 0.15) is 0 Å². The van der Waals surface area contributed by atoms with Crippen LogP contribution in [0.3, 0.4) is 0 Å². The number of nitrogens with zero attached hydrogens (tertiary/aromatic N) is 1. The molecular formula is C15H21IN2O2. The van der Waals surface area contributed by atoms with E-state index in [4.69, 9.17) is 0 Å². The Balaban J connectivity index is 2.74. The minimum absolute atomic E-state index is 0.0861. The van der Waals surface area contributed by atoms with Crippen LogP contribution in [0, 0.1) is 3.57 Å². The van der Waals surface area contributed by atoms with E-state index in [-0.39, 0.29) is 18.4 Å². The van der Waals surface area contributed by atoms with E-state index in [0.29, 0.717) is 18.7 Å². The highest BCUT2D eigenvalue weighted by Crippen LogP contribution is 2.10. The van der Waals surface area contributed by atoms with Crippen LogP contribution in [-0.2, 0) is 4.79 Å². The molecule has 0 aromatic heterocycles. The van der Waals surface area contributed by atoms with Crippen LogP contribution in [0.15, 0.2) is 24.3 Å². The fraction of sp³-hybridized carbons (Fsp3) is 0.467. The van der Waals surface area contributed by atoms with Crippen LogP contribution in [0.4, 0.5) is 0 Å². The highest BCUT2D eigenvalue weighted by molar-refractivity contribution is 14.1. The van der Waals surface area contributed by atoms with Gasteiger partial charge in [-0.15, -0.1) is 0 Å². The quantitative estimate of drug-likeness (QED) is 0.731. The van der Waals surface area contributed by atoms with E-state index in [9.17, 15) is 9.59 Å². The molecule has 5 heteroatoms. The molecule has 110 valence electrons. The first-order chi connectivity index (χ1) is 9.58. The topological polar surface area (TPSA) is 49.4 Å². The van der Waals surface area contributed by atoms with Gasteiger partial charge in [0.25, 0.3) is 5.91 Å². The van der Waals surface area contributed by atoms with E-state index in [1.165, 1.54) is 0 Å². The number of rotatable bonds is 7. The van der Waals surface area contributed by atoms with Crippen LogP contribution in [0.25, 0.3) is 0 Å². The fourth-order valence-corrected chi connectivity index (χ4v) is 2.36. The summed E-state index contributed by atoms with van der Waals surface area (Å²) in [4.78, 5) is 25.8. The molecule has 0 saturated heterocycles. The van der Waals surface area contributed by atoms with Crippen molar-refractivity contribution < 1.29 is 9.59 Å². The van der Waals surface area contributed by atoms with Gasteiger partial charge < -0.3 is 10.2 Å². The Bertz CT molecular complexity index is 463. The number of carbonyl (C=O) groups is 2. The molecule has 0 fully saturated rings. The average Bonchev–Trinajstić information content (AvgIpc) is 2.44. The Morgan fingerprint density at radius 2 is 2.00 bits per heavy atom. The van der Waals surface area contributed by atoms with Gasteiger partial charge in [0.05, 0.1) is 6.54 Å². The zero-order valence-corrected chi connectivity index (χ0v) is 14.1. The van der Waals surface area contributed by atoms with Gasteiger partial charge in [-0.25, -0.2) is 0 Å². The number of nitrogens with one attached hydrogen (secondary N) is 1. The summed E-state index contributed by atoms with van der Waals surface area (Å²) in [7, 11) is 0. The van der Waals surface area contributed by atoms with Gasteiger partial charge >= 0.3 is 0 Å². The molecule has 0 aliphatic rings. The third-order valence-electron chi connectivity index (χ3n) is 2.76. The summed E-state index contributed by atoms with van der Waals surface area (Å²) in [6.45, 7) is 5.36. The van der Waals surface area contributed by atoms with E-state index in [1.807, 2.05) is 32.0 Å². The molecule has 4 nitrogen and oxygen atoms in total. The van der Waals surface area contributed by atoms with Crippen LogP contribution in [-0.4, -0.2) is 36.3 Å². The summed E-state index contributed by atoms with van der Waals surface area (Å²) in [5.74, 6) is -0.184. The van der Waals surface area contributed by atoms with Crippen LogP contribution in [0.1, 0.15) is 37.0 Å². The summed E-state index contributed by atoms with van der Waals surface area (Å²) < 4.78 is 1.01. The van der Waals surface area contributed by atoms with Crippen molar-refractivity contribution in [2.75, 3.05) is 19.6 Å². The molecular weight excluding hydrogens is 367 g/mol. The average molecular weight is 388 g/mol. The van der Waals surface area contributed by atoms with Crippen molar-refractivity contribution in [3.63, 3.8) is 0 Å². The van der Waals surface area contributed by atoms with Crippen molar-refractivity contribution in [3.05, 3.63) is 33.4 Å². The molecule has 20 heavy (non-hydrogen) atoms. The Labute approximate surface area is 134 Å².